The zero-order valence-electron chi connectivity index (χ0n) is 55.6. The summed E-state index contributed by atoms with van der Waals surface area (Å²) in [6.07, 6.45) is 24.5. The fraction of sp³-hybridized carbons (Fsp3) is 0.620. The quantitative estimate of drug-likeness (QED) is 0.0329. The van der Waals surface area contributed by atoms with Gasteiger partial charge >= 0.3 is 17.7 Å². The van der Waals surface area contributed by atoms with Crippen LogP contribution in [0.1, 0.15) is 207 Å². The van der Waals surface area contributed by atoms with E-state index in [-0.39, 0.29) is 71.6 Å². The summed E-state index contributed by atoms with van der Waals surface area (Å²) < 4.78 is 49.8. The Morgan fingerprint density at radius 1 is 0.878 bits per heavy atom. The van der Waals surface area contributed by atoms with Crippen LogP contribution in [-0.4, -0.2) is 121 Å². The number of anilines is 1. The maximum atomic E-state index is 16.2. The molecule has 0 saturated carbocycles. The molecule has 3 aromatic carbocycles. The van der Waals surface area contributed by atoms with E-state index in [0.717, 1.165) is 41.8 Å². The number of phenols is 1. The molecule has 4 aliphatic rings. The third kappa shape index (κ3) is 17.9. The standard InChI is InChI=1S/C26H26F2N4O4.C23H33N3O3.C12H26.C10H17NO2/c1-4-16-19(27)6-5-14-9-15(33)10-17(20(14)16)22-21(28)23-18(11-29-22)24(31-25(30-23)35-3)32-7-8-36-13-26(2,34)12-32;1-4-6-7-8-10-16(9-5-2)17-11-12-18-20(15-17)25(3)23(29)26(18)19-13-14-21(27)24-22(19)28;1-5-8-12(7-3)10-9-11(4)6-2;1-8(12)13-7-10-5-4-9-3-2-6-11(9)10/h5-6,9-11,33-34H,4,7-8,12-13H2,1-3H3;11-12,15-16,19H,4-10,13-14H2,1-3H3,(H,24,27,28);11-12H,5-10H2,1-4H3;9-10H,2-7H2,1H3. The van der Waals surface area contributed by atoms with Gasteiger partial charge in [0.15, 0.2) is 5.82 Å². The monoisotopic (exact) mass is 1250 g/mol. The van der Waals surface area contributed by atoms with Gasteiger partial charge in [-0.05, 0) is 135 Å². The Balaban J connectivity index is 0.000000189. The molecule has 3 aromatic heterocycles. The third-order valence-electron chi connectivity index (χ3n) is 18.7. The summed E-state index contributed by atoms with van der Waals surface area (Å²) in [5.74, 6) is 0.706. The highest BCUT2D eigenvalue weighted by Crippen LogP contribution is 2.40. The summed E-state index contributed by atoms with van der Waals surface area (Å²) in [5.41, 5.74) is 2.06. The van der Waals surface area contributed by atoms with E-state index in [1.54, 1.807) is 34.1 Å². The topological polar surface area (TPSA) is 203 Å². The number of aliphatic hydroxyl groups is 1. The van der Waals surface area contributed by atoms with Gasteiger partial charge < -0.3 is 29.3 Å². The minimum Gasteiger partial charge on any atom is -0.508 e. The number of hydrogen-bond donors (Lipinski definition) is 3. The Kier molecular flexibility index (Phi) is 26.5. The van der Waals surface area contributed by atoms with E-state index in [0.29, 0.717) is 72.1 Å². The number of nitrogens with one attached hydrogen (secondary N) is 1. The van der Waals surface area contributed by atoms with Crippen molar-refractivity contribution in [1.82, 2.24) is 34.3 Å². The van der Waals surface area contributed by atoms with Crippen molar-refractivity contribution in [2.75, 3.05) is 51.5 Å². The van der Waals surface area contributed by atoms with Gasteiger partial charge in [0.2, 0.25) is 11.8 Å². The van der Waals surface area contributed by atoms with Crippen LogP contribution in [0.25, 0.3) is 44.0 Å². The molecule has 19 heteroatoms. The molecule has 7 atom stereocenters. The second-order valence-corrected chi connectivity index (χ2v) is 25.6. The predicted molar refractivity (Wildman–Crippen MR) is 353 cm³/mol. The minimum atomic E-state index is -1.14. The van der Waals surface area contributed by atoms with Gasteiger partial charge in [0.1, 0.15) is 46.8 Å². The molecule has 10 rings (SSSR count). The molecule has 4 fully saturated rings. The van der Waals surface area contributed by atoms with Gasteiger partial charge in [-0.2, -0.15) is 9.97 Å². The van der Waals surface area contributed by atoms with Crippen molar-refractivity contribution >= 4 is 56.3 Å². The number of carbonyl (C=O) groups is 3. The van der Waals surface area contributed by atoms with Gasteiger partial charge in [-0.25, -0.2) is 13.6 Å². The van der Waals surface area contributed by atoms with Crippen LogP contribution >= 0.6 is 0 Å². The number of carbonyl (C=O) groups excluding carboxylic acids is 3. The number of aryl methyl sites for hydroxylation is 2. The van der Waals surface area contributed by atoms with Gasteiger partial charge in [-0.1, -0.05) is 131 Å². The van der Waals surface area contributed by atoms with Crippen LogP contribution in [0.2, 0.25) is 0 Å². The maximum absolute atomic E-state index is 16.2. The minimum absolute atomic E-state index is 0.0439. The first-order valence-electron chi connectivity index (χ1n) is 33.5. The number of halogens is 2. The van der Waals surface area contributed by atoms with Gasteiger partial charge in [0, 0.05) is 50.8 Å². The van der Waals surface area contributed by atoms with Crippen LogP contribution in [-0.2, 0) is 37.3 Å². The van der Waals surface area contributed by atoms with E-state index < -0.39 is 23.3 Å². The lowest BCUT2D eigenvalue weighted by Gasteiger charge is -2.29. The van der Waals surface area contributed by atoms with Crippen molar-refractivity contribution in [2.45, 2.75) is 220 Å². The van der Waals surface area contributed by atoms with Gasteiger partial charge in [-0.15, -0.1) is 0 Å². The number of hydrogen-bond acceptors (Lipinski definition) is 14. The number of piperidine rings is 1. The molecule has 0 bridgehead atoms. The predicted octanol–water partition coefficient (Wildman–Crippen LogP) is 14.0. The molecule has 0 spiro atoms. The van der Waals surface area contributed by atoms with Crippen LogP contribution in [0.4, 0.5) is 14.6 Å². The highest BCUT2D eigenvalue weighted by Gasteiger charge is 2.37. The lowest BCUT2D eigenvalue weighted by atomic mass is 9.89. The summed E-state index contributed by atoms with van der Waals surface area (Å²) in [5, 5.41) is 24.7. The molecule has 90 heavy (non-hydrogen) atoms. The summed E-state index contributed by atoms with van der Waals surface area (Å²) in [7, 11) is 3.14. The fourth-order valence-electron chi connectivity index (χ4n) is 13.5. The number of nitrogens with zero attached hydrogens (tertiary/aromatic N) is 7. The Bertz CT molecular complexity index is 3420. The number of fused-ring (bicyclic) bond motifs is 4. The van der Waals surface area contributed by atoms with Crippen molar-refractivity contribution < 1.29 is 47.6 Å². The highest BCUT2D eigenvalue weighted by molar-refractivity contribution is 6.02. The average Bonchev–Trinajstić information content (AvgIpc) is 1.08. The van der Waals surface area contributed by atoms with Crippen molar-refractivity contribution in [2.24, 2.45) is 18.9 Å². The Morgan fingerprint density at radius 3 is 2.34 bits per heavy atom. The molecule has 2 amide bonds. The number of β-amino-alcohol motifs (C(OH)–C–C–N with tert-alkyl or cyclic N) is 1. The summed E-state index contributed by atoms with van der Waals surface area (Å²) in [4.78, 5) is 64.8. The van der Waals surface area contributed by atoms with E-state index in [1.165, 1.54) is 147 Å². The SMILES string of the molecule is CC(=O)OCC1CCC2CCCN21.CCCC(CC)CCC(C)CC.CCCCCCC(CCC)c1ccc2c(c1)n(C)c(=O)n2C1CCC(=O)NC1=O.CCc1c(F)ccc2cc(O)cc(-c3ncc4c(N5CCOCC(C)(O)C5)nc(OC)nc4c3F)c12. The third-order valence-corrected chi connectivity index (χ3v) is 18.7. The Morgan fingerprint density at radius 2 is 1.66 bits per heavy atom. The molecule has 7 unspecified atom stereocenters. The molecule has 4 saturated heterocycles. The number of esters is 1. The van der Waals surface area contributed by atoms with Crippen LogP contribution in [0.15, 0.2) is 53.5 Å². The van der Waals surface area contributed by atoms with Crippen molar-refractivity contribution in [3.63, 3.8) is 0 Å². The summed E-state index contributed by atoms with van der Waals surface area (Å²) in [6, 6.07) is 12.6. The van der Waals surface area contributed by atoms with Crippen LogP contribution < -0.4 is 20.6 Å². The number of rotatable bonds is 22. The number of unbranched alkanes of at least 4 members (excludes halogenated alkanes) is 3. The van der Waals surface area contributed by atoms with Crippen LogP contribution in [0, 0.1) is 23.5 Å². The number of methoxy groups -OCH3 is 1. The number of phenolic OH excluding ortho intramolecular Hbond substituents is 1. The van der Waals surface area contributed by atoms with Crippen molar-refractivity contribution in [3.05, 3.63) is 81.9 Å². The zero-order valence-corrected chi connectivity index (χ0v) is 55.6. The Labute approximate surface area is 531 Å². The van der Waals surface area contributed by atoms with Gasteiger partial charge in [-0.3, -0.25) is 38.7 Å². The lowest BCUT2D eigenvalue weighted by molar-refractivity contribution is -0.142. The molecule has 17 nitrogen and oxygen atoms in total. The van der Waals surface area contributed by atoms with E-state index in [1.807, 2.05) is 13.0 Å². The fourth-order valence-corrected chi connectivity index (χ4v) is 13.5. The number of aromatic hydroxyl groups is 1. The molecule has 494 valence electrons. The number of amides is 2. The van der Waals surface area contributed by atoms with Crippen molar-refractivity contribution in [3.8, 4) is 23.0 Å². The first-order chi connectivity index (χ1) is 43.2. The molecule has 4 aliphatic heterocycles. The largest absolute Gasteiger partial charge is 0.508 e. The Hall–Kier alpha value is -6.57. The van der Waals surface area contributed by atoms with Crippen LogP contribution in [0.5, 0.6) is 11.8 Å². The molecule has 6 aromatic rings. The summed E-state index contributed by atoms with van der Waals surface area (Å²) >= 11 is 0. The first-order valence-corrected chi connectivity index (χ1v) is 33.5. The number of imidazole rings is 1. The molecule has 7 heterocycles. The normalized spacial score (nSPS) is 20.2. The lowest BCUT2D eigenvalue weighted by Crippen LogP contribution is -2.44. The molecular weight excluding hydrogens is 1150 g/mol. The van der Waals surface area contributed by atoms with Gasteiger partial charge in [0.25, 0.3) is 0 Å². The van der Waals surface area contributed by atoms with Gasteiger partial charge in [0.05, 0.1) is 43.3 Å². The average molecular weight is 1250 g/mol. The maximum Gasteiger partial charge on any atom is 0.329 e. The molecule has 0 aliphatic carbocycles. The van der Waals surface area contributed by atoms with E-state index in [4.69, 9.17) is 14.2 Å². The molecule has 0 radical (unpaired) electrons. The number of aromatic nitrogens is 5. The van der Waals surface area contributed by atoms with E-state index in [9.17, 15) is 33.8 Å². The van der Waals surface area contributed by atoms with Crippen LogP contribution in [0.3, 0.4) is 0 Å². The van der Waals surface area contributed by atoms with Crippen molar-refractivity contribution in [1.29, 1.82) is 0 Å². The molecule has 3 N–H and O–H groups in total. The number of pyridine rings is 1. The first kappa shape index (κ1) is 70.9. The number of ether oxygens (including phenoxy) is 3. The zero-order chi connectivity index (χ0) is 65.2. The molecular formula is C71H102F2N8O9. The second kappa shape index (κ2) is 33.7. The van der Waals surface area contributed by atoms with E-state index in [2.05, 4.69) is 78.8 Å². The second-order valence-electron chi connectivity index (χ2n) is 25.6. The highest BCUT2D eigenvalue weighted by atomic mass is 19.1. The smallest absolute Gasteiger partial charge is 0.329 e. The van der Waals surface area contributed by atoms with E-state index >= 15 is 4.39 Å². The number of imide groups is 1. The summed E-state index contributed by atoms with van der Waals surface area (Å²) in [6.45, 7) is 21.6. The number of benzene rings is 3.